The van der Waals surface area contributed by atoms with Crippen molar-refractivity contribution in [2.45, 2.75) is 57.4 Å². The van der Waals surface area contributed by atoms with Crippen molar-refractivity contribution >= 4 is 25.4 Å². The quantitative estimate of drug-likeness (QED) is 0.253. The molecule has 0 amide bonds. The summed E-state index contributed by atoms with van der Waals surface area (Å²) in [4.78, 5) is 11.6. The van der Waals surface area contributed by atoms with Gasteiger partial charge in [-0.25, -0.2) is 4.79 Å². The Kier molecular flexibility index (Phi) is 6.69. The number of aromatic nitrogens is 3. The highest BCUT2D eigenvalue weighted by molar-refractivity contribution is 6.88. The van der Waals surface area contributed by atoms with Gasteiger partial charge in [0.05, 0.1) is 44.1 Å². The predicted molar refractivity (Wildman–Crippen MR) is 98.5 cm³/mol. The Morgan fingerprint density at radius 2 is 1.96 bits per heavy atom. The summed E-state index contributed by atoms with van der Waals surface area (Å²) in [6, 6.07) is -1.03. The van der Waals surface area contributed by atoms with E-state index in [9.17, 15) is 20.1 Å². The molecule has 0 saturated carbocycles. The molecule has 0 aromatic carbocycles. The lowest BCUT2D eigenvalue weighted by molar-refractivity contribution is -0.137. The van der Waals surface area contributed by atoms with Gasteiger partial charge in [0.15, 0.2) is 0 Å². The maximum atomic E-state index is 11.6. The lowest BCUT2D eigenvalue weighted by Crippen LogP contribution is -2.48. The second-order valence-corrected chi connectivity index (χ2v) is 12.4. The summed E-state index contributed by atoms with van der Waals surface area (Å²) in [6.07, 6.45) is 0.880. The van der Waals surface area contributed by atoms with E-state index >= 15 is 0 Å². The zero-order valence-corrected chi connectivity index (χ0v) is 16.6. The van der Waals surface area contributed by atoms with Crippen LogP contribution < -0.4 is 10.6 Å². The SMILES string of the molecule is CCOC(=O)/C=C/c1nnn(C[C@H]2N[C@H](CO)[C@@H](O)[C@@H]2O)c1[Si](C)(C)C. The molecule has 4 N–H and O–H groups in total. The van der Waals surface area contributed by atoms with Crippen molar-refractivity contribution in [3.63, 3.8) is 0 Å². The molecule has 4 atom stereocenters. The van der Waals surface area contributed by atoms with Crippen molar-refractivity contribution in [2.24, 2.45) is 0 Å². The Balaban J connectivity index is 2.25. The molecule has 1 aromatic heterocycles. The molecule has 0 spiro atoms. The van der Waals surface area contributed by atoms with E-state index in [-0.39, 0.29) is 6.61 Å². The van der Waals surface area contributed by atoms with Crippen molar-refractivity contribution in [1.29, 1.82) is 0 Å². The molecule has 9 nitrogen and oxygen atoms in total. The van der Waals surface area contributed by atoms with Crippen LogP contribution in [0, 0.1) is 0 Å². The first kappa shape index (κ1) is 20.7. The summed E-state index contributed by atoms with van der Waals surface area (Å²) in [5.74, 6) is -0.439. The Morgan fingerprint density at radius 1 is 1.31 bits per heavy atom. The van der Waals surface area contributed by atoms with Crippen molar-refractivity contribution in [2.75, 3.05) is 13.2 Å². The van der Waals surface area contributed by atoms with E-state index < -0.39 is 38.3 Å². The minimum absolute atomic E-state index is 0.263. The Bertz CT molecular complexity index is 658. The minimum Gasteiger partial charge on any atom is -0.463 e. The van der Waals surface area contributed by atoms with Gasteiger partial charge in [0.1, 0.15) is 13.8 Å². The fraction of sp³-hybridized carbons (Fsp3) is 0.688. The molecule has 1 aliphatic heterocycles. The maximum Gasteiger partial charge on any atom is 0.330 e. The van der Waals surface area contributed by atoms with Crippen LogP contribution in [0.4, 0.5) is 0 Å². The van der Waals surface area contributed by atoms with Gasteiger partial charge in [-0.3, -0.25) is 4.68 Å². The standard InChI is InChI=1S/C16H28N4O5Si/c1-5-25-13(22)7-6-10-16(26(2,3)4)20(19-18-10)8-11-14(23)15(24)12(9-21)17-11/h6-7,11-12,14-15,17,21,23-24H,5,8-9H2,1-4H3/b7-6+/t11-,12-,14-,15-/m1/s1. The molecule has 0 unspecified atom stereocenters. The summed E-state index contributed by atoms with van der Waals surface area (Å²) in [7, 11) is -1.88. The van der Waals surface area contributed by atoms with Gasteiger partial charge in [0, 0.05) is 11.4 Å². The van der Waals surface area contributed by atoms with Crippen LogP contribution in [0.1, 0.15) is 12.6 Å². The molecule has 2 heterocycles. The van der Waals surface area contributed by atoms with Gasteiger partial charge in [-0.2, -0.15) is 0 Å². The number of nitrogens with one attached hydrogen (secondary N) is 1. The lowest BCUT2D eigenvalue weighted by Gasteiger charge is -2.22. The number of ether oxygens (including phenoxy) is 1. The zero-order chi connectivity index (χ0) is 19.5. The Labute approximate surface area is 153 Å². The second-order valence-electron chi connectivity index (χ2n) is 7.38. The van der Waals surface area contributed by atoms with Crippen molar-refractivity contribution in [3.05, 3.63) is 11.8 Å². The molecule has 146 valence electrons. The topological polar surface area (TPSA) is 130 Å². The van der Waals surface area contributed by atoms with E-state index in [0.717, 1.165) is 5.32 Å². The summed E-state index contributed by atoms with van der Waals surface area (Å²) in [5, 5.41) is 41.8. The summed E-state index contributed by atoms with van der Waals surface area (Å²) in [5.41, 5.74) is 0.601. The fourth-order valence-electron chi connectivity index (χ4n) is 3.13. The second kappa shape index (κ2) is 8.40. The monoisotopic (exact) mass is 384 g/mol. The Morgan fingerprint density at radius 3 is 2.50 bits per heavy atom. The van der Waals surface area contributed by atoms with E-state index in [0.29, 0.717) is 18.8 Å². The average molecular weight is 385 g/mol. The zero-order valence-electron chi connectivity index (χ0n) is 15.6. The first-order valence-corrected chi connectivity index (χ1v) is 12.2. The Hall–Kier alpha value is -1.59. The third-order valence-electron chi connectivity index (χ3n) is 4.30. The molecule has 1 aliphatic rings. The van der Waals surface area contributed by atoms with Gasteiger partial charge in [0.2, 0.25) is 0 Å². The van der Waals surface area contributed by atoms with Crippen LogP contribution in [0.3, 0.4) is 0 Å². The van der Waals surface area contributed by atoms with Gasteiger partial charge in [0.25, 0.3) is 0 Å². The molecule has 10 heteroatoms. The summed E-state index contributed by atoms with van der Waals surface area (Å²) in [6.45, 7) is 8.48. The molecule has 0 aliphatic carbocycles. The molecule has 26 heavy (non-hydrogen) atoms. The van der Waals surface area contributed by atoms with Gasteiger partial charge < -0.3 is 25.4 Å². The number of carbonyl (C=O) groups is 1. The molecule has 2 rings (SSSR count). The van der Waals surface area contributed by atoms with Crippen molar-refractivity contribution < 1.29 is 24.9 Å². The molecule has 0 radical (unpaired) electrons. The van der Waals surface area contributed by atoms with Crippen LogP contribution >= 0.6 is 0 Å². The number of nitrogens with zero attached hydrogens (tertiary/aromatic N) is 3. The smallest absolute Gasteiger partial charge is 0.330 e. The van der Waals surface area contributed by atoms with Crippen LogP contribution in [0.25, 0.3) is 6.08 Å². The number of hydrogen-bond acceptors (Lipinski definition) is 8. The number of rotatable bonds is 7. The molecule has 1 fully saturated rings. The maximum absolute atomic E-state index is 11.6. The largest absolute Gasteiger partial charge is 0.463 e. The molecular weight excluding hydrogens is 356 g/mol. The molecule has 1 aromatic rings. The fourth-order valence-corrected chi connectivity index (χ4v) is 4.94. The van der Waals surface area contributed by atoms with Crippen molar-refractivity contribution in [3.8, 4) is 0 Å². The van der Waals surface area contributed by atoms with E-state index in [2.05, 4.69) is 35.3 Å². The molecule has 1 saturated heterocycles. The highest BCUT2D eigenvalue weighted by Crippen LogP contribution is 2.16. The normalized spacial score (nSPS) is 26.6. The number of hydrogen-bond donors (Lipinski definition) is 4. The number of aliphatic hydroxyl groups excluding tert-OH is 3. The number of carbonyl (C=O) groups excluding carboxylic acids is 1. The van der Waals surface area contributed by atoms with Crippen LogP contribution in [0.2, 0.25) is 19.6 Å². The number of esters is 1. The average Bonchev–Trinajstić information content (AvgIpc) is 3.09. The van der Waals surface area contributed by atoms with Gasteiger partial charge in [-0.05, 0) is 13.0 Å². The third-order valence-corrected chi connectivity index (χ3v) is 6.24. The van der Waals surface area contributed by atoms with E-state index in [1.807, 2.05) is 0 Å². The highest BCUT2D eigenvalue weighted by Gasteiger charge is 2.41. The van der Waals surface area contributed by atoms with Crippen molar-refractivity contribution in [1.82, 2.24) is 20.3 Å². The third kappa shape index (κ3) is 4.57. The van der Waals surface area contributed by atoms with Crippen LogP contribution in [-0.4, -0.2) is 81.9 Å². The van der Waals surface area contributed by atoms with Gasteiger partial charge in [-0.15, -0.1) is 5.10 Å². The van der Waals surface area contributed by atoms with Crippen LogP contribution in [0.5, 0.6) is 0 Å². The number of aliphatic hydroxyl groups is 3. The first-order valence-electron chi connectivity index (χ1n) is 8.70. The highest BCUT2D eigenvalue weighted by atomic mass is 28.3. The van der Waals surface area contributed by atoms with Crippen LogP contribution in [0.15, 0.2) is 6.08 Å². The summed E-state index contributed by atoms with van der Waals surface area (Å²) < 4.78 is 6.60. The molecular formula is C16H28N4O5Si. The van der Waals surface area contributed by atoms with Gasteiger partial charge >= 0.3 is 5.97 Å². The molecule has 0 bridgehead atoms. The predicted octanol–water partition coefficient (Wildman–Crippen LogP) is -1.55. The lowest BCUT2D eigenvalue weighted by atomic mass is 10.1. The van der Waals surface area contributed by atoms with E-state index in [1.165, 1.54) is 6.08 Å². The first-order chi connectivity index (χ1) is 12.2. The van der Waals surface area contributed by atoms with E-state index in [4.69, 9.17) is 4.74 Å². The van der Waals surface area contributed by atoms with E-state index in [1.54, 1.807) is 17.7 Å². The summed E-state index contributed by atoms with van der Waals surface area (Å²) >= 11 is 0. The minimum atomic E-state index is -1.88. The van der Waals surface area contributed by atoms with Gasteiger partial charge in [-0.1, -0.05) is 24.9 Å². The van der Waals surface area contributed by atoms with Crippen LogP contribution in [-0.2, 0) is 16.1 Å².